The molecule has 0 aliphatic rings. The molecule has 1 N–H and O–H groups in total. The molecule has 1 heterocycles. The fourth-order valence-corrected chi connectivity index (χ4v) is 2.71. The number of halogens is 3. The lowest BCUT2D eigenvalue weighted by atomic mass is 10.0. The SMILES string of the molecule is CNC(c1cc(F)ccc1F)c1c(Br)cnn1C(C)C. The first-order valence-electron chi connectivity index (χ1n) is 6.30. The Kier molecular flexibility index (Phi) is 4.55. The van der Waals surface area contributed by atoms with Crippen molar-refractivity contribution in [3.05, 3.63) is 51.8 Å². The Morgan fingerprint density at radius 1 is 1.30 bits per heavy atom. The molecule has 0 radical (unpaired) electrons. The second-order valence-electron chi connectivity index (χ2n) is 4.80. The molecule has 1 unspecified atom stereocenters. The van der Waals surface area contributed by atoms with E-state index in [1.165, 1.54) is 6.07 Å². The van der Waals surface area contributed by atoms with Crippen LogP contribution in [0.1, 0.15) is 37.2 Å². The van der Waals surface area contributed by atoms with E-state index in [1.807, 2.05) is 13.8 Å². The van der Waals surface area contributed by atoms with Crippen molar-refractivity contribution in [1.82, 2.24) is 15.1 Å². The van der Waals surface area contributed by atoms with Crippen molar-refractivity contribution >= 4 is 15.9 Å². The van der Waals surface area contributed by atoms with Gasteiger partial charge in [0.15, 0.2) is 0 Å². The Hall–Kier alpha value is -1.27. The van der Waals surface area contributed by atoms with Crippen LogP contribution in [0.15, 0.2) is 28.9 Å². The molecule has 0 aliphatic heterocycles. The maximum Gasteiger partial charge on any atom is 0.128 e. The van der Waals surface area contributed by atoms with Crippen molar-refractivity contribution in [2.24, 2.45) is 0 Å². The van der Waals surface area contributed by atoms with Crippen molar-refractivity contribution in [3.63, 3.8) is 0 Å². The Morgan fingerprint density at radius 2 is 2.00 bits per heavy atom. The minimum atomic E-state index is -0.482. The third-order valence-electron chi connectivity index (χ3n) is 3.11. The monoisotopic (exact) mass is 343 g/mol. The Bertz CT molecular complexity index is 610. The molecule has 6 heteroatoms. The van der Waals surface area contributed by atoms with E-state index in [0.29, 0.717) is 0 Å². The molecular formula is C14H16BrF2N3. The lowest BCUT2D eigenvalue weighted by molar-refractivity contribution is 0.473. The molecule has 0 saturated carbocycles. The van der Waals surface area contributed by atoms with Gasteiger partial charge in [0, 0.05) is 11.6 Å². The minimum Gasteiger partial charge on any atom is -0.308 e. The van der Waals surface area contributed by atoms with E-state index in [9.17, 15) is 8.78 Å². The normalized spacial score (nSPS) is 12.9. The van der Waals surface area contributed by atoms with Crippen molar-refractivity contribution < 1.29 is 8.78 Å². The number of hydrogen-bond acceptors (Lipinski definition) is 2. The third kappa shape index (κ3) is 2.76. The van der Waals surface area contributed by atoms with E-state index in [-0.39, 0.29) is 11.6 Å². The maximum atomic E-state index is 14.0. The van der Waals surface area contributed by atoms with E-state index in [0.717, 1.165) is 22.3 Å². The molecule has 3 nitrogen and oxygen atoms in total. The molecule has 1 aromatic heterocycles. The van der Waals surface area contributed by atoms with E-state index >= 15 is 0 Å². The predicted molar refractivity (Wildman–Crippen MR) is 77.6 cm³/mol. The molecule has 108 valence electrons. The summed E-state index contributed by atoms with van der Waals surface area (Å²) in [5, 5.41) is 7.30. The van der Waals surface area contributed by atoms with Gasteiger partial charge in [-0.3, -0.25) is 4.68 Å². The molecular weight excluding hydrogens is 328 g/mol. The van der Waals surface area contributed by atoms with Gasteiger partial charge < -0.3 is 5.32 Å². The number of nitrogens with one attached hydrogen (secondary N) is 1. The lowest BCUT2D eigenvalue weighted by Gasteiger charge is -2.21. The van der Waals surface area contributed by atoms with Gasteiger partial charge in [0.1, 0.15) is 11.6 Å². The topological polar surface area (TPSA) is 29.9 Å². The van der Waals surface area contributed by atoms with Gasteiger partial charge in [-0.2, -0.15) is 5.10 Å². The second kappa shape index (κ2) is 6.01. The van der Waals surface area contributed by atoms with Gasteiger partial charge in [0.25, 0.3) is 0 Å². The molecule has 2 aromatic rings. The Labute approximate surface area is 125 Å². The molecule has 0 aliphatic carbocycles. The summed E-state index contributed by atoms with van der Waals surface area (Å²) in [6.07, 6.45) is 1.66. The van der Waals surface area contributed by atoms with Crippen LogP contribution in [0.4, 0.5) is 8.78 Å². The molecule has 2 rings (SSSR count). The van der Waals surface area contributed by atoms with Crippen LogP contribution in [0.25, 0.3) is 0 Å². The smallest absolute Gasteiger partial charge is 0.128 e. The maximum absolute atomic E-state index is 14.0. The first kappa shape index (κ1) is 15.1. The van der Waals surface area contributed by atoms with Crippen LogP contribution < -0.4 is 5.32 Å². The molecule has 20 heavy (non-hydrogen) atoms. The average Bonchev–Trinajstić information content (AvgIpc) is 2.77. The summed E-state index contributed by atoms with van der Waals surface area (Å²) in [6.45, 7) is 3.97. The van der Waals surface area contributed by atoms with Gasteiger partial charge in [0.2, 0.25) is 0 Å². The largest absolute Gasteiger partial charge is 0.308 e. The fraction of sp³-hybridized carbons (Fsp3) is 0.357. The first-order valence-corrected chi connectivity index (χ1v) is 7.10. The number of benzene rings is 1. The fourth-order valence-electron chi connectivity index (χ4n) is 2.21. The van der Waals surface area contributed by atoms with Crippen LogP contribution >= 0.6 is 15.9 Å². The zero-order chi connectivity index (χ0) is 14.9. The van der Waals surface area contributed by atoms with E-state index in [1.54, 1.807) is 17.9 Å². The van der Waals surface area contributed by atoms with Crippen LogP contribution in [0.5, 0.6) is 0 Å². The van der Waals surface area contributed by atoms with Gasteiger partial charge in [0.05, 0.1) is 22.4 Å². The summed E-state index contributed by atoms with van der Waals surface area (Å²) in [6, 6.07) is 3.09. The summed E-state index contributed by atoms with van der Waals surface area (Å²) < 4.78 is 30.0. The van der Waals surface area contributed by atoms with E-state index < -0.39 is 17.7 Å². The highest BCUT2D eigenvalue weighted by molar-refractivity contribution is 9.10. The van der Waals surface area contributed by atoms with Gasteiger partial charge >= 0.3 is 0 Å². The summed E-state index contributed by atoms with van der Waals surface area (Å²) in [5.74, 6) is -0.914. The van der Waals surface area contributed by atoms with E-state index in [2.05, 4.69) is 26.3 Å². The van der Waals surface area contributed by atoms with Crippen molar-refractivity contribution in [2.45, 2.75) is 25.9 Å². The summed E-state index contributed by atoms with van der Waals surface area (Å²) in [7, 11) is 1.71. The zero-order valence-corrected chi connectivity index (χ0v) is 13.1. The lowest BCUT2D eigenvalue weighted by Crippen LogP contribution is -2.24. The molecule has 0 saturated heterocycles. The highest BCUT2D eigenvalue weighted by atomic mass is 79.9. The van der Waals surface area contributed by atoms with Crippen LogP contribution in [-0.4, -0.2) is 16.8 Å². The van der Waals surface area contributed by atoms with Crippen LogP contribution in [0, 0.1) is 11.6 Å². The third-order valence-corrected chi connectivity index (χ3v) is 3.72. The molecule has 0 amide bonds. The highest BCUT2D eigenvalue weighted by Crippen LogP contribution is 2.31. The molecule has 1 aromatic carbocycles. The number of hydrogen-bond donors (Lipinski definition) is 1. The summed E-state index contributed by atoms with van der Waals surface area (Å²) in [5.41, 5.74) is 1.03. The number of aromatic nitrogens is 2. The molecule has 0 bridgehead atoms. The Morgan fingerprint density at radius 3 is 2.60 bits per heavy atom. The van der Waals surface area contributed by atoms with Crippen LogP contribution in [0.3, 0.4) is 0 Å². The average molecular weight is 344 g/mol. The Balaban J connectivity index is 2.58. The standard InChI is InChI=1S/C14H16BrF2N3/c1-8(2)20-14(11(15)7-19-20)13(18-3)10-6-9(16)4-5-12(10)17/h4-8,13,18H,1-3H3. The summed E-state index contributed by atoms with van der Waals surface area (Å²) >= 11 is 3.43. The van der Waals surface area contributed by atoms with Gasteiger partial charge in [-0.15, -0.1) is 0 Å². The first-order chi connectivity index (χ1) is 9.45. The van der Waals surface area contributed by atoms with Crippen LogP contribution in [-0.2, 0) is 0 Å². The molecule has 1 atom stereocenters. The molecule has 0 fully saturated rings. The van der Waals surface area contributed by atoms with Gasteiger partial charge in [-0.1, -0.05) is 0 Å². The van der Waals surface area contributed by atoms with Crippen molar-refractivity contribution in [2.75, 3.05) is 7.05 Å². The minimum absolute atomic E-state index is 0.115. The van der Waals surface area contributed by atoms with Crippen molar-refractivity contribution in [1.29, 1.82) is 0 Å². The predicted octanol–water partition coefficient (Wildman–Crippen LogP) is 3.81. The summed E-state index contributed by atoms with van der Waals surface area (Å²) in [4.78, 5) is 0. The number of nitrogens with zero attached hydrogens (tertiary/aromatic N) is 2. The van der Waals surface area contributed by atoms with E-state index in [4.69, 9.17) is 0 Å². The zero-order valence-electron chi connectivity index (χ0n) is 11.5. The van der Waals surface area contributed by atoms with Gasteiger partial charge in [-0.25, -0.2) is 8.78 Å². The second-order valence-corrected chi connectivity index (χ2v) is 5.66. The highest BCUT2D eigenvalue weighted by Gasteiger charge is 2.24. The quantitative estimate of drug-likeness (QED) is 0.914. The molecule has 0 spiro atoms. The van der Waals surface area contributed by atoms with Crippen LogP contribution in [0.2, 0.25) is 0 Å². The number of rotatable bonds is 4. The van der Waals surface area contributed by atoms with Crippen molar-refractivity contribution in [3.8, 4) is 0 Å². The van der Waals surface area contributed by atoms with Gasteiger partial charge in [-0.05, 0) is 55.0 Å².